The summed E-state index contributed by atoms with van der Waals surface area (Å²) in [6, 6.07) is 10.0. The van der Waals surface area contributed by atoms with Gasteiger partial charge < -0.3 is 14.7 Å². The van der Waals surface area contributed by atoms with Crippen LogP contribution >= 0.6 is 0 Å². The number of hydrogen-bond donors (Lipinski definition) is 1. The van der Waals surface area contributed by atoms with E-state index in [4.69, 9.17) is 15.1 Å². The summed E-state index contributed by atoms with van der Waals surface area (Å²) < 4.78 is 7.74. The number of nitrogens with two attached hydrogens (primary N) is 1. The third-order valence-electron chi connectivity index (χ3n) is 3.37. The second-order valence-corrected chi connectivity index (χ2v) is 5.95. The van der Waals surface area contributed by atoms with Crippen molar-refractivity contribution in [2.75, 3.05) is 0 Å². The highest BCUT2D eigenvalue weighted by Gasteiger charge is 2.23. The van der Waals surface area contributed by atoms with Crippen LogP contribution in [0.5, 0.6) is 0 Å². The quantitative estimate of drug-likeness (QED) is 0.774. The van der Waals surface area contributed by atoms with Crippen molar-refractivity contribution in [3.8, 4) is 11.6 Å². The molecule has 4 heteroatoms. The molecule has 0 bridgehead atoms. The second kappa shape index (κ2) is 4.49. The number of fused-ring (bicyclic) bond motifs is 1. The molecule has 1 aromatic carbocycles. The molecule has 0 fully saturated rings. The summed E-state index contributed by atoms with van der Waals surface area (Å²) in [4.78, 5) is 4.74. The van der Waals surface area contributed by atoms with Crippen LogP contribution in [0.2, 0.25) is 0 Å². The Hall–Kier alpha value is -2.07. The molecular formula is C16H19N3O. The van der Waals surface area contributed by atoms with Crippen LogP contribution in [0, 0.1) is 0 Å². The van der Waals surface area contributed by atoms with Crippen molar-refractivity contribution < 1.29 is 4.42 Å². The van der Waals surface area contributed by atoms with Crippen LogP contribution in [-0.2, 0) is 12.1 Å². The lowest BCUT2D eigenvalue weighted by molar-refractivity contribution is 0.408. The number of hydrogen-bond acceptors (Lipinski definition) is 3. The van der Waals surface area contributed by atoms with E-state index in [1.54, 1.807) is 6.26 Å². The molecule has 0 radical (unpaired) electrons. The van der Waals surface area contributed by atoms with E-state index < -0.39 is 0 Å². The van der Waals surface area contributed by atoms with E-state index >= 15 is 0 Å². The fourth-order valence-electron chi connectivity index (χ4n) is 2.50. The molecule has 0 saturated carbocycles. The molecule has 2 N–H and O–H groups in total. The van der Waals surface area contributed by atoms with E-state index in [9.17, 15) is 0 Å². The number of aromatic nitrogens is 2. The fraction of sp³-hybridized carbons (Fsp3) is 0.312. The lowest BCUT2D eigenvalue weighted by Crippen LogP contribution is -2.22. The minimum Gasteiger partial charge on any atom is -0.461 e. The van der Waals surface area contributed by atoms with Gasteiger partial charge in [0.05, 0.1) is 17.3 Å². The van der Waals surface area contributed by atoms with Crippen LogP contribution in [0.1, 0.15) is 26.3 Å². The summed E-state index contributed by atoms with van der Waals surface area (Å²) in [7, 11) is 0. The number of nitrogens with zero attached hydrogens (tertiary/aromatic N) is 2. The lowest BCUT2D eigenvalue weighted by Gasteiger charge is -2.24. The maximum atomic E-state index is 5.71. The largest absolute Gasteiger partial charge is 0.461 e. The Balaban J connectivity index is 2.33. The van der Waals surface area contributed by atoms with Gasteiger partial charge in [0.2, 0.25) is 0 Å². The molecule has 3 aromatic rings. The van der Waals surface area contributed by atoms with Gasteiger partial charge in [-0.05, 0) is 50.6 Å². The molecular weight excluding hydrogens is 250 g/mol. The van der Waals surface area contributed by atoms with Gasteiger partial charge in [0.1, 0.15) is 0 Å². The highest BCUT2D eigenvalue weighted by Crippen LogP contribution is 2.31. The van der Waals surface area contributed by atoms with Crippen molar-refractivity contribution in [1.29, 1.82) is 0 Å². The van der Waals surface area contributed by atoms with Gasteiger partial charge in [0, 0.05) is 12.1 Å². The zero-order chi connectivity index (χ0) is 14.3. The van der Waals surface area contributed by atoms with Crippen molar-refractivity contribution in [1.82, 2.24) is 9.55 Å². The van der Waals surface area contributed by atoms with Gasteiger partial charge in [-0.2, -0.15) is 0 Å². The molecule has 0 unspecified atom stereocenters. The van der Waals surface area contributed by atoms with Gasteiger partial charge in [0.15, 0.2) is 11.6 Å². The molecule has 0 saturated heterocycles. The predicted molar refractivity (Wildman–Crippen MR) is 80.3 cm³/mol. The molecule has 2 aromatic heterocycles. The average molecular weight is 269 g/mol. The summed E-state index contributed by atoms with van der Waals surface area (Å²) in [6.07, 6.45) is 1.67. The van der Waals surface area contributed by atoms with E-state index in [2.05, 4.69) is 37.5 Å². The topological polar surface area (TPSA) is 57.0 Å². The lowest BCUT2D eigenvalue weighted by atomic mass is 10.1. The number of rotatable bonds is 2. The van der Waals surface area contributed by atoms with E-state index in [1.807, 2.05) is 18.2 Å². The van der Waals surface area contributed by atoms with Gasteiger partial charge in [0.25, 0.3) is 0 Å². The van der Waals surface area contributed by atoms with Crippen molar-refractivity contribution in [2.45, 2.75) is 32.9 Å². The van der Waals surface area contributed by atoms with Gasteiger partial charge in [-0.3, -0.25) is 0 Å². The van der Waals surface area contributed by atoms with Crippen LogP contribution in [-0.4, -0.2) is 9.55 Å². The Labute approximate surface area is 118 Å². The van der Waals surface area contributed by atoms with Crippen LogP contribution < -0.4 is 5.73 Å². The van der Waals surface area contributed by atoms with Crippen LogP contribution in [0.4, 0.5) is 0 Å². The summed E-state index contributed by atoms with van der Waals surface area (Å²) >= 11 is 0. The first-order valence-corrected chi connectivity index (χ1v) is 6.76. The normalized spacial score (nSPS) is 12.2. The van der Waals surface area contributed by atoms with E-state index in [0.717, 1.165) is 28.2 Å². The zero-order valence-corrected chi connectivity index (χ0v) is 12.1. The Morgan fingerprint density at radius 3 is 2.65 bits per heavy atom. The van der Waals surface area contributed by atoms with Crippen molar-refractivity contribution in [3.63, 3.8) is 0 Å². The van der Waals surface area contributed by atoms with E-state index in [1.165, 1.54) is 0 Å². The third kappa shape index (κ3) is 2.02. The Morgan fingerprint density at radius 2 is 2.05 bits per heavy atom. The second-order valence-electron chi connectivity index (χ2n) is 5.95. The molecule has 0 spiro atoms. The minimum absolute atomic E-state index is 0.0822. The van der Waals surface area contributed by atoms with Crippen molar-refractivity contribution >= 4 is 11.0 Å². The summed E-state index contributed by atoms with van der Waals surface area (Å²) in [5.74, 6) is 1.64. The highest BCUT2D eigenvalue weighted by molar-refractivity contribution is 5.81. The SMILES string of the molecule is CC(C)(C)n1c(-c2ccco2)nc2cc(CN)ccc21. The zero-order valence-electron chi connectivity index (χ0n) is 12.1. The minimum atomic E-state index is -0.0822. The molecule has 3 rings (SSSR count). The van der Waals surface area contributed by atoms with Gasteiger partial charge in [-0.1, -0.05) is 6.07 Å². The van der Waals surface area contributed by atoms with E-state index in [0.29, 0.717) is 6.54 Å². The molecule has 0 aliphatic rings. The number of benzene rings is 1. The summed E-state index contributed by atoms with van der Waals surface area (Å²) in [5.41, 5.74) is 8.77. The molecule has 0 amide bonds. The summed E-state index contributed by atoms with van der Waals surface area (Å²) in [5, 5.41) is 0. The maximum Gasteiger partial charge on any atom is 0.177 e. The molecule has 4 nitrogen and oxygen atoms in total. The monoisotopic (exact) mass is 269 g/mol. The Kier molecular flexibility index (Phi) is 2.91. The first-order valence-electron chi connectivity index (χ1n) is 6.76. The van der Waals surface area contributed by atoms with Crippen LogP contribution in [0.3, 0.4) is 0 Å². The third-order valence-corrected chi connectivity index (χ3v) is 3.37. The van der Waals surface area contributed by atoms with Crippen LogP contribution in [0.25, 0.3) is 22.6 Å². The van der Waals surface area contributed by atoms with Gasteiger partial charge >= 0.3 is 0 Å². The number of imidazole rings is 1. The Morgan fingerprint density at radius 1 is 1.25 bits per heavy atom. The highest BCUT2D eigenvalue weighted by atomic mass is 16.3. The van der Waals surface area contributed by atoms with Gasteiger partial charge in [-0.25, -0.2) is 4.98 Å². The summed E-state index contributed by atoms with van der Waals surface area (Å²) in [6.45, 7) is 7.01. The van der Waals surface area contributed by atoms with Crippen molar-refractivity contribution in [2.24, 2.45) is 5.73 Å². The number of furan rings is 1. The standard InChI is InChI=1S/C16H19N3O/c1-16(2,3)19-13-7-6-11(10-17)9-12(13)18-15(19)14-5-4-8-20-14/h4-9H,10,17H2,1-3H3. The van der Waals surface area contributed by atoms with Crippen molar-refractivity contribution in [3.05, 3.63) is 42.2 Å². The molecule has 20 heavy (non-hydrogen) atoms. The first-order chi connectivity index (χ1) is 9.50. The van der Waals surface area contributed by atoms with Crippen LogP contribution in [0.15, 0.2) is 41.0 Å². The smallest absolute Gasteiger partial charge is 0.177 e. The predicted octanol–water partition coefficient (Wildman–Crippen LogP) is 3.51. The maximum absolute atomic E-state index is 5.71. The first kappa shape index (κ1) is 12.9. The molecule has 2 heterocycles. The van der Waals surface area contributed by atoms with Gasteiger partial charge in [-0.15, -0.1) is 0 Å². The van der Waals surface area contributed by atoms with E-state index in [-0.39, 0.29) is 5.54 Å². The average Bonchev–Trinajstić information content (AvgIpc) is 3.03. The molecule has 104 valence electrons. The molecule has 0 aliphatic carbocycles. The fourth-order valence-corrected chi connectivity index (χ4v) is 2.50. The molecule has 0 atom stereocenters. The Bertz CT molecular complexity index is 733. The molecule has 0 aliphatic heterocycles.